The second kappa shape index (κ2) is 4.41. The monoisotopic (exact) mass is 260 g/mol. The zero-order chi connectivity index (χ0) is 12.5. The van der Waals surface area contributed by atoms with Gasteiger partial charge in [-0.15, -0.1) is 11.6 Å². The van der Waals surface area contributed by atoms with E-state index in [9.17, 15) is 13.2 Å². The molecule has 1 aromatic heterocycles. The highest BCUT2D eigenvalue weighted by Gasteiger charge is 2.34. The Hall–Kier alpha value is -1.49. The van der Waals surface area contributed by atoms with E-state index in [1.807, 2.05) is 0 Å². The Kier molecular flexibility index (Phi) is 3.11. The fraction of sp³-hybridized carbons (Fsp3) is 0.182. The van der Waals surface area contributed by atoms with Crippen molar-refractivity contribution in [2.45, 2.75) is 12.1 Å². The van der Waals surface area contributed by atoms with E-state index in [-0.39, 0.29) is 11.6 Å². The van der Waals surface area contributed by atoms with E-state index in [0.29, 0.717) is 5.56 Å². The summed E-state index contributed by atoms with van der Waals surface area (Å²) in [7, 11) is 0. The third-order valence-corrected chi connectivity index (χ3v) is 2.58. The highest BCUT2D eigenvalue weighted by atomic mass is 35.5. The summed E-state index contributed by atoms with van der Waals surface area (Å²) in [5.41, 5.74) is -0.314. The van der Waals surface area contributed by atoms with E-state index in [0.717, 1.165) is 6.07 Å². The van der Waals surface area contributed by atoms with Gasteiger partial charge in [0.15, 0.2) is 0 Å². The molecule has 0 spiro atoms. The first-order valence-electron chi connectivity index (χ1n) is 4.78. The second-order valence-corrected chi connectivity index (χ2v) is 3.70. The number of hydrogen-bond donors (Lipinski definition) is 0. The molecule has 1 aromatic carbocycles. The summed E-state index contributed by atoms with van der Waals surface area (Å²) in [5.74, 6) is 0.0441. The van der Waals surface area contributed by atoms with Crippen LogP contribution in [0.15, 0.2) is 36.7 Å². The number of rotatable bonds is 2. The van der Waals surface area contributed by atoms with Gasteiger partial charge in [-0.2, -0.15) is 18.3 Å². The van der Waals surface area contributed by atoms with E-state index in [2.05, 4.69) is 5.10 Å². The van der Waals surface area contributed by atoms with Gasteiger partial charge in [-0.3, -0.25) is 0 Å². The number of aromatic nitrogens is 2. The summed E-state index contributed by atoms with van der Waals surface area (Å²) in [6.45, 7) is 0. The lowest BCUT2D eigenvalue weighted by molar-refractivity contribution is -0.137. The number of alkyl halides is 4. The van der Waals surface area contributed by atoms with Crippen LogP contribution in [0.5, 0.6) is 0 Å². The van der Waals surface area contributed by atoms with Crippen LogP contribution in [0.1, 0.15) is 11.1 Å². The molecule has 0 atom stereocenters. The van der Waals surface area contributed by atoms with E-state index >= 15 is 0 Å². The number of hydrogen-bond acceptors (Lipinski definition) is 1. The van der Waals surface area contributed by atoms with Crippen LogP contribution >= 0.6 is 11.6 Å². The lowest BCUT2D eigenvalue weighted by Crippen LogP contribution is -2.11. The van der Waals surface area contributed by atoms with Crippen molar-refractivity contribution in [2.24, 2.45) is 0 Å². The van der Waals surface area contributed by atoms with Crippen LogP contribution in [0.3, 0.4) is 0 Å². The maximum atomic E-state index is 12.9. The molecule has 90 valence electrons. The van der Waals surface area contributed by atoms with Gasteiger partial charge in [0.05, 0.1) is 11.3 Å². The van der Waals surface area contributed by atoms with Crippen LogP contribution in [-0.2, 0) is 12.1 Å². The molecule has 2 aromatic rings. The third kappa shape index (κ3) is 2.44. The quantitative estimate of drug-likeness (QED) is 0.754. The van der Waals surface area contributed by atoms with Gasteiger partial charge in [0.25, 0.3) is 0 Å². The van der Waals surface area contributed by atoms with Gasteiger partial charge in [0, 0.05) is 18.3 Å². The first-order valence-corrected chi connectivity index (χ1v) is 5.32. The maximum absolute atomic E-state index is 12.9. The Morgan fingerprint density at radius 1 is 1.29 bits per heavy atom. The maximum Gasteiger partial charge on any atom is 0.418 e. The number of halogens is 4. The molecule has 6 heteroatoms. The van der Waals surface area contributed by atoms with E-state index < -0.39 is 11.7 Å². The third-order valence-electron chi connectivity index (χ3n) is 2.27. The highest BCUT2D eigenvalue weighted by Crippen LogP contribution is 2.34. The van der Waals surface area contributed by atoms with Crippen LogP contribution in [-0.4, -0.2) is 9.78 Å². The van der Waals surface area contributed by atoms with E-state index in [1.54, 1.807) is 12.1 Å². The summed E-state index contributed by atoms with van der Waals surface area (Å²) in [6, 6.07) is 5.53. The van der Waals surface area contributed by atoms with Crippen molar-refractivity contribution in [1.82, 2.24) is 9.78 Å². The Morgan fingerprint density at radius 3 is 2.59 bits per heavy atom. The normalized spacial score (nSPS) is 11.8. The Labute approximate surface area is 101 Å². The lowest BCUT2D eigenvalue weighted by Gasteiger charge is -2.13. The molecule has 1 heterocycles. The van der Waals surface area contributed by atoms with Crippen LogP contribution in [0.25, 0.3) is 5.69 Å². The Bertz CT molecular complexity index is 506. The molecule has 0 saturated carbocycles. The Morgan fingerprint density at radius 2 is 2.06 bits per heavy atom. The van der Waals surface area contributed by atoms with Gasteiger partial charge in [-0.1, -0.05) is 6.07 Å². The lowest BCUT2D eigenvalue weighted by atomic mass is 10.1. The van der Waals surface area contributed by atoms with Crippen LogP contribution in [0.4, 0.5) is 13.2 Å². The number of benzene rings is 1. The average molecular weight is 261 g/mol. The van der Waals surface area contributed by atoms with Gasteiger partial charge in [-0.25, -0.2) is 4.68 Å². The summed E-state index contributed by atoms with van der Waals surface area (Å²) in [5, 5.41) is 3.80. The summed E-state index contributed by atoms with van der Waals surface area (Å²) in [4.78, 5) is 0. The second-order valence-electron chi connectivity index (χ2n) is 3.43. The molecular formula is C11H8ClF3N2. The van der Waals surface area contributed by atoms with Crippen LogP contribution in [0, 0.1) is 0 Å². The molecular weight excluding hydrogens is 253 g/mol. The first kappa shape index (κ1) is 12.0. The molecule has 0 aliphatic rings. The Balaban J connectivity index is 2.59. The topological polar surface area (TPSA) is 17.8 Å². The summed E-state index contributed by atoms with van der Waals surface area (Å²) < 4.78 is 39.8. The molecule has 0 aliphatic heterocycles. The fourth-order valence-corrected chi connectivity index (χ4v) is 1.67. The van der Waals surface area contributed by atoms with Crippen molar-refractivity contribution in [3.63, 3.8) is 0 Å². The molecule has 2 rings (SSSR count). The molecule has 0 bridgehead atoms. The van der Waals surface area contributed by atoms with Crippen molar-refractivity contribution in [3.05, 3.63) is 47.8 Å². The van der Waals surface area contributed by atoms with Gasteiger partial charge in [0.1, 0.15) is 0 Å². The smallest absolute Gasteiger partial charge is 0.240 e. The first-order chi connectivity index (χ1) is 8.02. The van der Waals surface area contributed by atoms with E-state index in [1.165, 1.54) is 23.1 Å². The van der Waals surface area contributed by atoms with Gasteiger partial charge >= 0.3 is 6.18 Å². The molecule has 2 nitrogen and oxygen atoms in total. The van der Waals surface area contributed by atoms with Gasteiger partial charge < -0.3 is 0 Å². The van der Waals surface area contributed by atoms with Gasteiger partial charge in [-0.05, 0) is 23.8 Å². The van der Waals surface area contributed by atoms with Crippen molar-refractivity contribution in [3.8, 4) is 5.69 Å². The molecule has 17 heavy (non-hydrogen) atoms. The predicted octanol–water partition coefficient (Wildman–Crippen LogP) is 3.63. The van der Waals surface area contributed by atoms with Crippen LogP contribution in [0.2, 0.25) is 0 Å². The average Bonchev–Trinajstić information content (AvgIpc) is 2.80. The molecule has 0 amide bonds. The van der Waals surface area contributed by atoms with Crippen molar-refractivity contribution in [2.75, 3.05) is 0 Å². The molecule has 0 unspecified atom stereocenters. The summed E-state index contributed by atoms with van der Waals surface area (Å²) in [6.07, 6.45) is -1.54. The predicted molar refractivity (Wildman–Crippen MR) is 58.1 cm³/mol. The standard InChI is InChI=1S/C11H8ClF3N2/c12-7-8-2-3-10(17-5-1-4-16-17)9(6-8)11(13,14)15/h1-6H,7H2. The SMILES string of the molecule is FC(F)(F)c1cc(CCl)ccc1-n1cccn1. The highest BCUT2D eigenvalue weighted by molar-refractivity contribution is 6.17. The number of nitrogens with zero attached hydrogens (tertiary/aromatic N) is 2. The minimum Gasteiger partial charge on any atom is -0.240 e. The van der Waals surface area contributed by atoms with Crippen molar-refractivity contribution in [1.29, 1.82) is 0 Å². The fourth-order valence-electron chi connectivity index (χ4n) is 1.50. The largest absolute Gasteiger partial charge is 0.418 e. The molecule has 0 fully saturated rings. The molecule has 0 aliphatic carbocycles. The summed E-state index contributed by atoms with van der Waals surface area (Å²) >= 11 is 5.54. The molecule has 0 N–H and O–H groups in total. The van der Waals surface area contributed by atoms with Crippen LogP contribution < -0.4 is 0 Å². The van der Waals surface area contributed by atoms with E-state index in [4.69, 9.17) is 11.6 Å². The zero-order valence-electron chi connectivity index (χ0n) is 8.58. The minimum absolute atomic E-state index is 0.00336. The van der Waals surface area contributed by atoms with Gasteiger partial charge in [0.2, 0.25) is 0 Å². The zero-order valence-corrected chi connectivity index (χ0v) is 9.33. The molecule has 0 saturated heterocycles. The van der Waals surface area contributed by atoms with Crippen molar-refractivity contribution < 1.29 is 13.2 Å². The molecule has 0 radical (unpaired) electrons. The minimum atomic E-state index is -4.43. The van der Waals surface area contributed by atoms with Crippen molar-refractivity contribution >= 4 is 11.6 Å².